The molecule has 194 valence electrons. The van der Waals surface area contributed by atoms with Crippen LogP contribution in [0.15, 0.2) is 0 Å². The Hall–Kier alpha value is -0.620. The van der Waals surface area contributed by atoms with Crippen LogP contribution < -0.4 is 11.5 Å². The van der Waals surface area contributed by atoms with Crippen LogP contribution in [-0.2, 0) is 9.47 Å². The minimum Gasteiger partial charge on any atom is -0.471 e. The molecule has 0 atom stereocenters. The molecule has 6 heteroatoms. The van der Waals surface area contributed by atoms with E-state index in [-0.39, 0.29) is 16.5 Å². The molecule has 0 saturated carbocycles. The SMILES string of the molecule is CC(C)OC(N)=S.CCC.CCCCCCCCCCCCCCCCCCOC(N)=S. The lowest BCUT2D eigenvalue weighted by atomic mass is 10.0. The summed E-state index contributed by atoms with van der Waals surface area (Å²) in [5.74, 6) is 0. The van der Waals surface area contributed by atoms with Crippen molar-refractivity contribution in [2.45, 2.75) is 150 Å². The molecule has 0 spiro atoms. The molecule has 0 unspecified atom stereocenters. The van der Waals surface area contributed by atoms with Crippen molar-refractivity contribution in [3.8, 4) is 0 Å². The quantitative estimate of drug-likeness (QED) is 0.147. The van der Waals surface area contributed by atoms with Gasteiger partial charge in [0, 0.05) is 0 Å². The van der Waals surface area contributed by atoms with E-state index in [9.17, 15) is 0 Å². The van der Waals surface area contributed by atoms with Gasteiger partial charge in [0.25, 0.3) is 10.3 Å². The number of hydrogen-bond acceptors (Lipinski definition) is 4. The Kier molecular flexibility index (Phi) is 36.6. The van der Waals surface area contributed by atoms with E-state index in [1.807, 2.05) is 13.8 Å². The first-order valence-electron chi connectivity index (χ1n) is 13.2. The molecule has 0 aromatic rings. The maximum absolute atomic E-state index is 5.27. The summed E-state index contributed by atoms with van der Waals surface area (Å²) in [6, 6.07) is 0. The average Bonchev–Trinajstić information content (AvgIpc) is 2.70. The molecule has 32 heavy (non-hydrogen) atoms. The molecule has 0 aliphatic heterocycles. The van der Waals surface area contributed by atoms with E-state index in [1.54, 1.807) is 0 Å². The topological polar surface area (TPSA) is 70.5 Å². The number of nitrogens with two attached hydrogens (primary N) is 2. The van der Waals surface area contributed by atoms with Crippen molar-refractivity contribution >= 4 is 34.8 Å². The zero-order valence-corrected chi connectivity index (χ0v) is 23.7. The standard InChI is InChI=1S/C19H39NOS.C4H9NOS.C3H8/c1-2-3-4-5-6-7-8-9-10-11-12-13-14-15-16-17-18-21-19(20)22;1-3(2)6-4(5)7;1-3-2/h2-18H2,1H3,(H2,20,22);3H,1-2H3,(H2,5,7);3H2,1-2H3. The van der Waals surface area contributed by atoms with Gasteiger partial charge in [-0.15, -0.1) is 0 Å². The molecule has 0 rings (SSSR count). The van der Waals surface area contributed by atoms with Gasteiger partial charge >= 0.3 is 0 Å². The van der Waals surface area contributed by atoms with E-state index in [0.717, 1.165) is 6.42 Å². The minimum absolute atomic E-state index is 0.109. The summed E-state index contributed by atoms with van der Waals surface area (Å²) in [5.41, 5.74) is 10.3. The summed E-state index contributed by atoms with van der Waals surface area (Å²) in [6.07, 6.45) is 23.5. The number of hydrogen-bond donors (Lipinski definition) is 2. The van der Waals surface area contributed by atoms with Gasteiger partial charge in [-0.3, -0.25) is 0 Å². The number of rotatable bonds is 18. The zero-order chi connectivity index (χ0) is 24.9. The highest BCUT2D eigenvalue weighted by atomic mass is 32.1. The first kappa shape index (κ1) is 36.0. The van der Waals surface area contributed by atoms with Gasteiger partial charge < -0.3 is 20.9 Å². The smallest absolute Gasteiger partial charge is 0.254 e. The van der Waals surface area contributed by atoms with Crippen molar-refractivity contribution in [3.63, 3.8) is 0 Å². The first-order chi connectivity index (χ1) is 15.3. The Morgan fingerprint density at radius 2 is 0.906 bits per heavy atom. The second-order valence-electron chi connectivity index (χ2n) is 8.66. The lowest BCUT2D eigenvalue weighted by Crippen LogP contribution is -2.17. The second kappa shape index (κ2) is 32.6. The lowest BCUT2D eigenvalue weighted by molar-refractivity contribution is 0.232. The van der Waals surface area contributed by atoms with Crippen LogP contribution >= 0.6 is 24.4 Å². The predicted molar refractivity (Wildman–Crippen MR) is 151 cm³/mol. The van der Waals surface area contributed by atoms with Gasteiger partial charge in [-0.2, -0.15) is 0 Å². The van der Waals surface area contributed by atoms with Crippen LogP contribution in [0.5, 0.6) is 0 Å². The molecule has 0 radical (unpaired) electrons. The molecule has 0 saturated heterocycles. The average molecular weight is 493 g/mol. The summed E-state index contributed by atoms with van der Waals surface area (Å²) < 4.78 is 9.83. The Bertz CT molecular complexity index is 381. The van der Waals surface area contributed by atoms with Crippen molar-refractivity contribution < 1.29 is 9.47 Å². The van der Waals surface area contributed by atoms with E-state index in [2.05, 4.69) is 45.2 Å². The molecule has 0 aromatic carbocycles. The van der Waals surface area contributed by atoms with Gasteiger partial charge in [0.05, 0.1) is 12.7 Å². The highest BCUT2D eigenvalue weighted by Gasteiger charge is 1.95. The van der Waals surface area contributed by atoms with E-state index < -0.39 is 0 Å². The number of thiocarbonyl (C=S) groups is 2. The van der Waals surface area contributed by atoms with Crippen LogP contribution in [-0.4, -0.2) is 23.1 Å². The fourth-order valence-electron chi connectivity index (χ4n) is 3.06. The van der Waals surface area contributed by atoms with E-state index >= 15 is 0 Å². The normalized spacial score (nSPS) is 9.94. The van der Waals surface area contributed by atoms with E-state index in [0.29, 0.717) is 6.61 Å². The van der Waals surface area contributed by atoms with Gasteiger partial charge in [0.15, 0.2) is 0 Å². The maximum atomic E-state index is 5.27. The monoisotopic (exact) mass is 492 g/mol. The lowest BCUT2D eigenvalue weighted by Gasteiger charge is -2.04. The number of unbranched alkanes of at least 4 members (excludes halogenated alkanes) is 15. The highest BCUT2D eigenvalue weighted by Crippen LogP contribution is 2.13. The Labute approximate surface area is 211 Å². The molecular formula is C26H56N2O2S2. The Morgan fingerprint density at radius 3 is 1.12 bits per heavy atom. The molecule has 0 aromatic heterocycles. The van der Waals surface area contributed by atoms with Gasteiger partial charge in [0.2, 0.25) is 0 Å². The van der Waals surface area contributed by atoms with Crippen LogP contribution in [0.3, 0.4) is 0 Å². The van der Waals surface area contributed by atoms with Gasteiger partial charge in [-0.25, -0.2) is 0 Å². The third kappa shape index (κ3) is 47.2. The van der Waals surface area contributed by atoms with E-state index in [1.165, 1.54) is 103 Å². The van der Waals surface area contributed by atoms with Crippen molar-refractivity contribution in [2.75, 3.05) is 6.61 Å². The molecule has 0 fully saturated rings. The summed E-state index contributed by atoms with van der Waals surface area (Å²) in [7, 11) is 0. The van der Waals surface area contributed by atoms with Gasteiger partial charge in [-0.05, 0) is 44.7 Å². The zero-order valence-electron chi connectivity index (χ0n) is 22.1. The summed E-state index contributed by atoms with van der Waals surface area (Å²) >= 11 is 9.09. The molecular weight excluding hydrogens is 436 g/mol. The molecule has 0 bridgehead atoms. The number of ether oxygens (including phenoxy) is 2. The fraction of sp³-hybridized carbons (Fsp3) is 0.923. The molecule has 4 nitrogen and oxygen atoms in total. The third-order valence-electron chi connectivity index (χ3n) is 4.59. The third-order valence-corrected chi connectivity index (χ3v) is 4.81. The maximum Gasteiger partial charge on any atom is 0.254 e. The van der Waals surface area contributed by atoms with Crippen LogP contribution in [0.25, 0.3) is 0 Å². The Morgan fingerprint density at radius 1 is 0.594 bits per heavy atom. The van der Waals surface area contributed by atoms with Crippen molar-refractivity contribution in [2.24, 2.45) is 11.5 Å². The Balaban J connectivity index is -0.000000699. The van der Waals surface area contributed by atoms with Crippen LogP contribution in [0.4, 0.5) is 0 Å². The second-order valence-corrected chi connectivity index (χ2v) is 9.47. The highest BCUT2D eigenvalue weighted by molar-refractivity contribution is 7.80. The fourth-order valence-corrected chi connectivity index (χ4v) is 3.33. The van der Waals surface area contributed by atoms with Crippen molar-refractivity contribution in [1.29, 1.82) is 0 Å². The predicted octanol–water partition coefficient (Wildman–Crippen LogP) is 8.58. The van der Waals surface area contributed by atoms with E-state index in [4.69, 9.17) is 20.9 Å². The summed E-state index contributed by atoms with van der Waals surface area (Å²) in [6.45, 7) is 11.0. The van der Waals surface area contributed by atoms with Gasteiger partial charge in [-0.1, -0.05) is 124 Å². The van der Waals surface area contributed by atoms with Gasteiger partial charge in [0.1, 0.15) is 0 Å². The first-order valence-corrected chi connectivity index (χ1v) is 14.0. The summed E-state index contributed by atoms with van der Waals surface area (Å²) in [5, 5.41) is 0.302. The van der Waals surface area contributed by atoms with Crippen LogP contribution in [0.2, 0.25) is 0 Å². The van der Waals surface area contributed by atoms with Crippen LogP contribution in [0, 0.1) is 0 Å². The largest absolute Gasteiger partial charge is 0.471 e. The van der Waals surface area contributed by atoms with Crippen molar-refractivity contribution in [3.05, 3.63) is 0 Å². The molecule has 4 N–H and O–H groups in total. The molecule has 0 heterocycles. The minimum atomic E-state index is 0.109. The van der Waals surface area contributed by atoms with Crippen LogP contribution in [0.1, 0.15) is 144 Å². The molecule has 0 aliphatic carbocycles. The molecule has 0 amide bonds. The van der Waals surface area contributed by atoms with Crippen molar-refractivity contribution in [1.82, 2.24) is 0 Å². The summed E-state index contributed by atoms with van der Waals surface area (Å²) in [4.78, 5) is 0. The molecule has 0 aliphatic rings.